The monoisotopic (exact) mass is 292 g/mol. The fraction of sp³-hybridized carbons (Fsp3) is 0.400. The summed E-state index contributed by atoms with van der Waals surface area (Å²) >= 11 is 1.66. The zero-order valence-electron chi connectivity index (χ0n) is 11.9. The topological polar surface area (TPSA) is 43.4 Å². The average Bonchev–Trinajstić information content (AvgIpc) is 2.93. The first-order valence-electron chi connectivity index (χ1n) is 6.73. The van der Waals surface area contributed by atoms with E-state index in [1.165, 1.54) is 0 Å². The van der Waals surface area contributed by atoms with Gasteiger partial charge in [0.1, 0.15) is 11.6 Å². The van der Waals surface area contributed by atoms with E-state index in [1.54, 1.807) is 18.4 Å². The molecule has 0 aliphatic heterocycles. The van der Waals surface area contributed by atoms with E-state index >= 15 is 0 Å². The lowest BCUT2D eigenvalue weighted by Gasteiger charge is -2.08. The van der Waals surface area contributed by atoms with Crippen LogP contribution in [0.15, 0.2) is 29.6 Å². The SMILES string of the molecule is CCCNCc1nc(COc2ccccc2OC)cs1. The number of thiazole rings is 1. The van der Waals surface area contributed by atoms with E-state index in [1.807, 2.05) is 29.6 Å². The molecule has 1 aromatic carbocycles. The largest absolute Gasteiger partial charge is 0.493 e. The summed E-state index contributed by atoms with van der Waals surface area (Å²) in [5.41, 5.74) is 0.953. The van der Waals surface area contributed by atoms with Crippen molar-refractivity contribution in [2.75, 3.05) is 13.7 Å². The minimum atomic E-state index is 0.463. The van der Waals surface area contributed by atoms with Crippen LogP contribution in [0.1, 0.15) is 24.0 Å². The number of hydrogen-bond donors (Lipinski definition) is 1. The van der Waals surface area contributed by atoms with E-state index in [-0.39, 0.29) is 0 Å². The summed E-state index contributed by atoms with van der Waals surface area (Å²) in [5.74, 6) is 1.49. The molecule has 20 heavy (non-hydrogen) atoms. The third-order valence-corrected chi connectivity index (χ3v) is 3.64. The fourth-order valence-corrected chi connectivity index (χ4v) is 2.51. The van der Waals surface area contributed by atoms with E-state index in [2.05, 4.69) is 17.2 Å². The second-order valence-electron chi connectivity index (χ2n) is 4.35. The Morgan fingerprint density at radius 3 is 2.80 bits per heavy atom. The van der Waals surface area contributed by atoms with Crippen molar-refractivity contribution in [3.05, 3.63) is 40.3 Å². The van der Waals surface area contributed by atoms with Crippen LogP contribution in [0.25, 0.3) is 0 Å². The molecule has 1 N–H and O–H groups in total. The molecule has 0 amide bonds. The number of ether oxygens (including phenoxy) is 2. The number of para-hydroxylation sites is 2. The van der Waals surface area contributed by atoms with Crippen molar-refractivity contribution >= 4 is 11.3 Å². The standard InChI is InChI=1S/C15H20N2O2S/c1-3-8-16-9-15-17-12(11-20-15)10-19-14-7-5-4-6-13(14)18-2/h4-7,11,16H,3,8-10H2,1-2H3. The van der Waals surface area contributed by atoms with Gasteiger partial charge in [-0.05, 0) is 25.1 Å². The van der Waals surface area contributed by atoms with Crippen molar-refractivity contribution in [1.29, 1.82) is 0 Å². The summed E-state index contributed by atoms with van der Waals surface area (Å²) in [6, 6.07) is 7.64. The molecule has 0 saturated carbocycles. The number of aromatic nitrogens is 1. The molecule has 5 heteroatoms. The van der Waals surface area contributed by atoms with Crippen molar-refractivity contribution in [3.63, 3.8) is 0 Å². The third-order valence-electron chi connectivity index (χ3n) is 2.75. The van der Waals surface area contributed by atoms with Crippen LogP contribution in [0.3, 0.4) is 0 Å². The van der Waals surface area contributed by atoms with Crippen LogP contribution in [0.2, 0.25) is 0 Å². The Morgan fingerprint density at radius 2 is 2.05 bits per heavy atom. The Labute approximate surface area is 123 Å². The van der Waals surface area contributed by atoms with E-state index in [4.69, 9.17) is 9.47 Å². The maximum absolute atomic E-state index is 5.75. The average molecular weight is 292 g/mol. The predicted molar refractivity (Wildman–Crippen MR) is 81.4 cm³/mol. The van der Waals surface area contributed by atoms with Gasteiger partial charge in [0.15, 0.2) is 11.5 Å². The van der Waals surface area contributed by atoms with Gasteiger partial charge in [-0.2, -0.15) is 0 Å². The lowest BCUT2D eigenvalue weighted by Crippen LogP contribution is -2.13. The molecule has 0 atom stereocenters. The number of nitrogens with zero attached hydrogens (tertiary/aromatic N) is 1. The van der Waals surface area contributed by atoms with Crippen LogP contribution in [0, 0.1) is 0 Å². The van der Waals surface area contributed by atoms with E-state index < -0.39 is 0 Å². The normalized spacial score (nSPS) is 10.5. The van der Waals surface area contributed by atoms with Gasteiger partial charge in [-0.15, -0.1) is 11.3 Å². The second kappa shape index (κ2) is 7.87. The summed E-state index contributed by atoms with van der Waals surface area (Å²) in [6.07, 6.45) is 1.13. The van der Waals surface area contributed by atoms with Crippen LogP contribution < -0.4 is 14.8 Å². The molecule has 0 unspecified atom stereocenters. The molecular weight excluding hydrogens is 272 g/mol. The van der Waals surface area contributed by atoms with Gasteiger partial charge in [-0.25, -0.2) is 4.98 Å². The molecular formula is C15H20N2O2S. The van der Waals surface area contributed by atoms with Crippen molar-refractivity contribution < 1.29 is 9.47 Å². The predicted octanol–water partition coefficient (Wildman–Crippen LogP) is 3.23. The highest BCUT2D eigenvalue weighted by atomic mass is 32.1. The van der Waals surface area contributed by atoms with Gasteiger partial charge < -0.3 is 14.8 Å². The lowest BCUT2D eigenvalue weighted by molar-refractivity contribution is 0.281. The Bertz CT molecular complexity index is 528. The highest BCUT2D eigenvalue weighted by Crippen LogP contribution is 2.26. The molecule has 0 aliphatic carbocycles. The van der Waals surface area contributed by atoms with Gasteiger partial charge >= 0.3 is 0 Å². The first-order chi connectivity index (χ1) is 9.83. The Morgan fingerprint density at radius 1 is 1.25 bits per heavy atom. The molecule has 0 aliphatic rings. The maximum Gasteiger partial charge on any atom is 0.161 e. The molecule has 0 saturated heterocycles. The molecule has 2 aromatic rings. The van der Waals surface area contributed by atoms with Crippen molar-refractivity contribution in [2.24, 2.45) is 0 Å². The first kappa shape index (κ1) is 14.8. The molecule has 0 fully saturated rings. The van der Waals surface area contributed by atoms with Crippen LogP contribution in [0.5, 0.6) is 11.5 Å². The molecule has 108 valence electrons. The second-order valence-corrected chi connectivity index (χ2v) is 5.29. The van der Waals surface area contributed by atoms with Crippen molar-refractivity contribution in [1.82, 2.24) is 10.3 Å². The Hall–Kier alpha value is -1.59. The van der Waals surface area contributed by atoms with Gasteiger partial charge in [0.2, 0.25) is 0 Å². The number of methoxy groups -OCH3 is 1. The summed E-state index contributed by atoms with van der Waals surface area (Å²) in [6.45, 7) is 4.46. The quantitative estimate of drug-likeness (QED) is 0.759. The number of nitrogens with one attached hydrogen (secondary N) is 1. The van der Waals surface area contributed by atoms with Crippen LogP contribution in [-0.2, 0) is 13.2 Å². The minimum Gasteiger partial charge on any atom is -0.493 e. The van der Waals surface area contributed by atoms with E-state index in [9.17, 15) is 0 Å². The summed E-state index contributed by atoms with van der Waals surface area (Å²) < 4.78 is 11.0. The van der Waals surface area contributed by atoms with E-state index in [0.717, 1.165) is 41.7 Å². The molecule has 0 bridgehead atoms. The van der Waals surface area contributed by atoms with Crippen LogP contribution >= 0.6 is 11.3 Å². The molecule has 4 nitrogen and oxygen atoms in total. The lowest BCUT2D eigenvalue weighted by atomic mass is 10.3. The van der Waals surface area contributed by atoms with Gasteiger partial charge in [0.05, 0.1) is 12.8 Å². The molecule has 0 radical (unpaired) electrons. The zero-order valence-corrected chi connectivity index (χ0v) is 12.7. The van der Waals surface area contributed by atoms with Crippen LogP contribution in [0.4, 0.5) is 0 Å². The Kier molecular flexibility index (Phi) is 5.83. The summed E-state index contributed by atoms with van der Waals surface area (Å²) in [7, 11) is 1.64. The highest BCUT2D eigenvalue weighted by Gasteiger charge is 2.06. The van der Waals surface area contributed by atoms with Gasteiger partial charge in [-0.3, -0.25) is 0 Å². The van der Waals surface area contributed by atoms with Crippen molar-refractivity contribution in [3.8, 4) is 11.5 Å². The van der Waals surface area contributed by atoms with Crippen molar-refractivity contribution in [2.45, 2.75) is 26.5 Å². The summed E-state index contributed by atoms with van der Waals surface area (Å²) in [4.78, 5) is 4.54. The van der Waals surface area contributed by atoms with Gasteiger partial charge in [0, 0.05) is 11.9 Å². The van der Waals surface area contributed by atoms with Crippen LogP contribution in [-0.4, -0.2) is 18.6 Å². The number of hydrogen-bond acceptors (Lipinski definition) is 5. The summed E-state index contributed by atoms with van der Waals surface area (Å²) in [5, 5.41) is 6.48. The minimum absolute atomic E-state index is 0.463. The fourth-order valence-electron chi connectivity index (χ4n) is 1.76. The molecule has 1 aromatic heterocycles. The van der Waals surface area contributed by atoms with Gasteiger partial charge in [-0.1, -0.05) is 19.1 Å². The maximum atomic E-state index is 5.75. The zero-order chi connectivity index (χ0) is 14.2. The smallest absolute Gasteiger partial charge is 0.161 e. The van der Waals surface area contributed by atoms with Gasteiger partial charge in [0.25, 0.3) is 0 Å². The molecule has 2 rings (SSSR count). The first-order valence-corrected chi connectivity index (χ1v) is 7.61. The number of benzene rings is 1. The number of rotatable bonds is 8. The highest BCUT2D eigenvalue weighted by molar-refractivity contribution is 7.09. The third kappa shape index (κ3) is 4.21. The molecule has 1 heterocycles. The molecule has 0 spiro atoms. The van der Waals surface area contributed by atoms with E-state index in [0.29, 0.717) is 6.61 Å². The Balaban J connectivity index is 1.87.